The number of hydrogen-bond donors (Lipinski definition) is 1. The first-order valence-corrected chi connectivity index (χ1v) is 7.99. The van der Waals surface area contributed by atoms with Gasteiger partial charge in [-0.05, 0) is 54.6 Å². The highest BCUT2D eigenvalue weighted by molar-refractivity contribution is 8.07. The second-order valence-corrected chi connectivity index (χ2v) is 6.62. The zero-order valence-corrected chi connectivity index (χ0v) is 13.2. The highest BCUT2D eigenvalue weighted by Crippen LogP contribution is 2.47. The largest absolute Gasteiger partial charge is 0.481 e. The molecule has 0 aromatic carbocycles. The third kappa shape index (κ3) is 3.26. The van der Waals surface area contributed by atoms with Crippen LogP contribution in [0.4, 0.5) is 0 Å². The lowest BCUT2D eigenvalue weighted by Crippen LogP contribution is -2.13. The second-order valence-electron chi connectivity index (χ2n) is 5.49. The van der Waals surface area contributed by atoms with Crippen molar-refractivity contribution >= 4 is 17.7 Å². The van der Waals surface area contributed by atoms with Crippen molar-refractivity contribution in [3.8, 4) is 0 Å². The Morgan fingerprint density at radius 1 is 1.40 bits per heavy atom. The monoisotopic (exact) mass is 290 g/mol. The van der Waals surface area contributed by atoms with Gasteiger partial charge in [0.2, 0.25) is 0 Å². The quantitative estimate of drug-likeness (QED) is 0.784. The summed E-state index contributed by atoms with van der Waals surface area (Å²) in [5.74, 6) is -0.0716. The van der Waals surface area contributed by atoms with Gasteiger partial charge in [0, 0.05) is 4.91 Å². The third-order valence-electron chi connectivity index (χ3n) is 3.92. The van der Waals surface area contributed by atoms with Crippen molar-refractivity contribution < 1.29 is 9.90 Å². The van der Waals surface area contributed by atoms with E-state index in [-0.39, 0.29) is 12.3 Å². The van der Waals surface area contributed by atoms with Crippen molar-refractivity contribution in [3.05, 3.63) is 45.3 Å². The van der Waals surface area contributed by atoms with Crippen LogP contribution in [0.15, 0.2) is 45.3 Å². The first kappa shape index (κ1) is 15.2. The van der Waals surface area contributed by atoms with E-state index in [1.54, 1.807) is 0 Å². The predicted molar refractivity (Wildman–Crippen MR) is 85.4 cm³/mol. The van der Waals surface area contributed by atoms with E-state index in [9.17, 15) is 9.90 Å². The number of hydrogen-bond acceptors (Lipinski definition) is 2. The van der Waals surface area contributed by atoms with Crippen LogP contribution in [0.3, 0.4) is 0 Å². The molecule has 1 aliphatic heterocycles. The van der Waals surface area contributed by atoms with Crippen molar-refractivity contribution in [1.82, 2.24) is 0 Å². The zero-order chi connectivity index (χ0) is 14.7. The molecule has 0 fully saturated rings. The van der Waals surface area contributed by atoms with Gasteiger partial charge < -0.3 is 5.11 Å². The zero-order valence-electron chi connectivity index (χ0n) is 12.3. The summed E-state index contributed by atoms with van der Waals surface area (Å²) in [4.78, 5) is 13.8. The van der Waals surface area contributed by atoms with Crippen molar-refractivity contribution in [2.75, 3.05) is 0 Å². The molecule has 0 saturated heterocycles. The molecule has 2 rings (SSSR count). The Morgan fingerprint density at radius 3 is 2.75 bits per heavy atom. The third-order valence-corrected chi connectivity index (χ3v) is 5.29. The maximum atomic E-state index is 11.2. The Balaban J connectivity index is 2.42. The van der Waals surface area contributed by atoms with E-state index in [0.29, 0.717) is 5.92 Å². The van der Waals surface area contributed by atoms with Gasteiger partial charge in [-0.25, -0.2) is 0 Å². The molecule has 1 aliphatic carbocycles. The summed E-state index contributed by atoms with van der Waals surface area (Å²) in [7, 11) is 0. The molecule has 0 radical (unpaired) electrons. The van der Waals surface area contributed by atoms with Gasteiger partial charge in [-0.3, -0.25) is 4.79 Å². The van der Waals surface area contributed by atoms with Gasteiger partial charge in [0.05, 0.1) is 6.42 Å². The molecular weight excluding hydrogens is 268 g/mol. The van der Waals surface area contributed by atoms with Crippen LogP contribution in [0, 0.1) is 11.8 Å². The van der Waals surface area contributed by atoms with Crippen LogP contribution in [-0.4, -0.2) is 11.1 Å². The molecule has 0 bridgehead atoms. The molecule has 20 heavy (non-hydrogen) atoms. The average Bonchev–Trinajstić information content (AvgIpc) is 2.54. The number of thioether (sulfide) groups is 1. The fourth-order valence-corrected chi connectivity index (χ4v) is 4.29. The average molecular weight is 290 g/mol. The van der Waals surface area contributed by atoms with E-state index < -0.39 is 5.97 Å². The molecule has 2 atom stereocenters. The first-order valence-electron chi connectivity index (χ1n) is 7.17. The summed E-state index contributed by atoms with van der Waals surface area (Å²) < 4.78 is 0. The molecule has 1 heterocycles. The van der Waals surface area contributed by atoms with Crippen LogP contribution in [0.1, 0.15) is 40.0 Å². The van der Waals surface area contributed by atoms with E-state index in [4.69, 9.17) is 0 Å². The summed E-state index contributed by atoms with van der Waals surface area (Å²) in [5.41, 5.74) is 2.52. The molecule has 2 aliphatic rings. The standard InChI is InChI=1S/C17H22O2S/c1-4-12-9-13(10-17(18)19)14-7-6-11(3)8-16(14)20-15(12)5-2/h4-7,11,13H,8-10H2,1-3H3,(H,18,19)/b12-4-,15-5+. The summed E-state index contributed by atoms with van der Waals surface area (Å²) in [6.45, 7) is 6.31. The normalized spacial score (nSPS) is 30.6. The van der Waals surface area contributed by atoms with Gasteiger partial charge in [-0.15, -0.1) is 0 Å². The number of carbonyl (C=O) groups is 1. The minimum Gasteiger partial charge on any atom is -0.481 e. The first-order chi connectivity index (χ1) is 9.55. The fraction of sp³-hybridized carbons (Fsp3) is 0.471. The Bertz CT molecular complexity index is 523. The van der Waals surface area contributed by atoms with Crippen LogP contribution in [0.2, 0.25) is 0 Å². The molecule has 0 saturated carbocycles. The number of rotatable bonds is 2. The molecule has 2 unspecified atom stereocenters. The number of allylic oxidation sites excluding steroid dienone is 7. The molecule has 0 aromatic rings. The van der Waals surface area contributed by atoms with E-state index in [1.807, 2.05) is 18.7 Å². The SMILES string of the molecule is C/C=C1/CC(CC(=O)O)C2=C(CC(C)C=C2)S/C1=C/C. The van der Waals surface area contributed by atoms with Crippen molar-refractivity contribution in [2.24, 2.45) is 11.8 Å². The summed E-state index contributed by atoms with van der Waals surface area (Å²) >= 11 is 1.83. The van der Waals surface area contributed by atoms with Gasteiger partial charge in [-0.2, -0.15) is 0 Å². The topological polar surface area (TPSA) is 37.3 Å². The van der Waals surface area contributed by atoms with Crippen LogP contribution in [-0.2, 0) is 4.79 Å². The van der Waals surface area contributed by atoms with Gasteiger partial charge in [0.1, 0.15) is 0 Å². The highest BCUT2D eigenvalue weighted by atomic mass is 32.2. The smallest absolute Gasteiger partial charge is 0.303 e. The van der Waals surface area contributed by atoms with Crippen LogP contribution in [0.5, 0.6) is 0 Å². The molecular formula is C17H22O2S. The van der Waals surface area contributed by atoms with Crippen LogP contribution in [0.25, 0.3) is 0 Å². The Morgan fingerprint density at radius 2 is 2.15 bits per heavy atom. The summed E-state index contributed by atoms with van der Waals surface area (Å²) in [6, 6.07) is 0. The summed E-state index contributed by atoms with van der Waals surface area (Å²) in [6.07, 6.45) is 10.7. The van der Waals surface area contributed by atoms with E-state index in [0.717, 1.165) is 12.8 Å². The van der Waals surface area contributed by atoms with Crippen molar-refractivity contribution in [3.63, 3.8) is 0 Å². The number of aliphatic carboxylic acids is 1. The summed E-state index contributed by atoms with van der Waals surface area (Å²) in [5, 5.41) is 9.19. The van der Waals surface area contributed by atoms with Crippen LogP contribution >= 0.6 is 11.8 Å². The Kier molecular flexibility index (Phi) is 4.92. The van der Waals surface area contributed by atoms with Crippen molar-refractivity contribution in [1.29, 1.82) is 0 Å². The number of carboxylic acids is 1. The fourth-order valence-electron chi connectivity index (χ4n) is 2.88. The molecule has 0 aromatic heterocycles. The van der Waals surface area contributed by atoms with Gasteiger partial charge in [0.25, 0.3) is 0 Å². The van der Waals surface area contributed by atoms with Gasteiger partial charge >= 0.3 is 5.97 Å². The molecule has 3 heteroatoms. The molecule has 108 valence electrons. The Labute approximate surface area is 125 Å². The Hall–Kier alpha value is -1.22. The van der Waals surface area contributed by atoms with Gasteiger partial charge in [0.15, 0.2) is 0 Å². The minimum absolute atomic E-state index is 0.0994. The van der Waals surface area contributed by atoms with E-state index >= 15 is 0 Å². The lowest BCUT2D eigenvalue weighted by molar-refractivity contribution is -0.137. The maximum Gasteiger partial charge on any atom is 0.303 e. The minimum atomic E-state index is -0.710. The lowest BCUT2D eigenvalue weighted by Gasteiger charge is -2.22. The second kappa shape index (κ2) is 6.49. The van der Waals surface area contributed by atoms with Crippen molar-refractivity contribution in [2.45, 2.75) is 40.0 Å². The highest BCUT2D eigenvalue weighted by Gasteiger charge is 2.28. The van der Waals surface area contributed by atoms with E-state index in [2.05, 4.69) is 38.2 Å². The number of carboxylic acid groups (broad SMARTS) is 1. The predicted octanol–water partition coefficient (Wildman–Crippen LogP) is 4.91. The molecule has 0 spiro atoms. The molecule has 2 nitrogen and oxygen atoms in total. The molecule has 0 amide bonds. The lowest BCUT2D eigenvalue weighted by atomic mass is 9.84. The van der Waals surface area contributed by atoms with Crippen LogP contribution < -0.4 is 0 Å². The maximum absolute atomic E-state index is 11.2. The van der Waals surface area contributed by atoms with Gasteiger partial charge in [-0.1, -0.05) is 43.0 Å². The molecule has 1 N–H and O–H groups in total. The van der Waals surface area contributed by atoms with E-state index in [1.165, 1.54) is 21.0 Å².